The van der Waals surface area contributed by atoms with Gasteiger partial charge in [0.05, 0.1) is 11.7 Å². The number of fused-ring (bicyclic) bond motifs is 1. The zero-order valence-electron chi connectivity index (χ0n) is 7.18. The van der Waals surface area contributed by atoms with Crippen molar-refractivity contribution in [1.29, 1.82) is 0 Å². The van der Waals surface area contributed by atoms with Gasteiger partial charge in [0, 0.05) is 9.50 Å². The smallest absolute Gasteiger partial charge is 0.241 e. The third-order valence-electron chi connectivity index (χ3n) is 2.16. The van der Waals surface area contributed by atoms with E-state index in [1.165, 1.54) is 0 Å². The third kappa shape index (κ3) is 1.65. The normalized spacial score (nSPS) is 20.2. The Morgan fingerprint density at radius 3 is 3.00 bits per heavy atom. The molecule has 1 amide bonds. The molecule has 0 bridgehead atoms. The maximum atomic E-state index is 11.3. The van der Waals surface area contributed by atoms with Crippen molar-refractivity contribution in [2.45, 2.75) is 12.5 Å². The third-order valence-corrected chi connectivity index (χ3v) is 3.01. The van der Waals surface area contributed by atoms with E-state index in [1.807, 2.05) is 6.07 Å². The Morgan fingerprint density at radius 1 is 1.57 bits per heavy atom. The number of anilines is 1. The first kappa shape index (κ1) is 9.96. The highest BCUT2D eigenvalue weighted by Crippen LogP contribution is 2.33. The first-order valence-electron chi connectivity index (χ1n) is 4.12. The second-order valence-corrected chi connectivity index (χ2v) is 4.51. The molecule has 1 unspecified atom stereocenters. The van der Waals surface area contributed by atoms with Crippen LogP contribution in [-0.2, 0) is 11.2 Å². The Morgan fingerprint density at radius 2 is 2.29 bits per heavy atom. The lowest BCUT2D eigenvalue weighted by molar-refractivity contribution is -0.117. The first-order valence-corrected chi connectivity index (χ1v) is 5.29. The van der Waals surface area contributed by atoms with Gasteiger partial charge in [-0.3, -0.25) is 4.79 Å². The standard InChI is InChI=1S/C9H8BrClN2O/c10-6-3-5(11)1-4-2-7(12)9(14)13-8(4)6/h1,3,7H,2,12H2,(H,13,14). The molecule has 0 spiro atoms. The molecule has 74 valence electrons. The molecule has 0 fully saturated rings. The van der Waals surface area contributed by atoms with Crippen molar-refractivity contribution in [1.82, 2.24) is 0 Å². The molecule has 1 aliphatic heterocycles. The summed E-state index contributed by atoms with van der Waals surface area (Å²) < 4.78 is 0.792. The molecule has 1 aromatic rings. The molecule has 0 aromatic heterocycles. The van der Waals surface area contributed by atoms with Gasteiger partial charge in [0.1, 0.15) is 0 Å². The Hall–Kier alpha value is -0.580. The summed E-state index contributed by atoms with van der Waals surface area (Å²) in [6, 6.07) is 3.09. The lowest BCUT2D eigenvalue weighted by Gasteiger charge is -2.22. The molecule has 0 saturated carbocycles. The minimum atomic E-state index is -0.479. The van der Waals surface area contributed by atoms with Crippen LogP contribution in [0.3, 0.4) is 0 Å². The summed E-state index contributed by atoms with van der Waals surface area (Å²) in [4.78, 5) is 11.3. The molecule has 0 radical (unpaired) electrons. The van der Waals surface area contributed by atoms with Gasteiger partial charge in [-0.15, -0.1) is 0 Å². The molecule has 5 heteroatoms. The molecular formula is C9H8BrClN2O. The Labute approximate surface area is 94.7 Å². The van der Waals surface area contributed by atoms with Crippen LogP contribution in [0.1, 0.15) is 5.56 Å². The van der Waals surface area contributed by atoms with E-state index in [0.717, 1.165) is 15.7 Å². The fourth-order valence-electron chi connectivity index (χ4n) is 1.47. The Kier molecular flexibility index (Phi) is 2.51. The fourth-order valence-corrected chi connectivity index (χ4v) is 2.45. The predicted molar refractivity (Wildman–Crippen MR) is 59.5 cm³/mol. The van der Waals surface area contributed by atoms with Gasteiger partial charge in [0.25, 0.3) is 0 Å². The number of carbonyl (C=O) groups is 1. The Balaban J connectivity index is 2.51. The number of rotatable bonds is 0. The molecule has 14 heavy (non-hydrogen) atoms. The molecule has 0 aliphatic carbocycles. The lowest BCUT2D eigenvalue weighted by Crippen LogP contribution is -2.41. The van der Waals surface area contributed by atoms with Crippen molar-refractivity contribution in [3.63, 3.8) is 0 Å². The van der Waals surface area contributed by atoms with Gasteiger partial charge in [-0.05, 0) is 40.0 Å². The summed E-state index contributed by atoms with van der Waals surface area (Å²) in [6.07, 6.45) is 0.528. The van der Waals surface area contributed by atoms with Gasteiger partial charge in [-0.1, -0.05) is 11.6 Å². The molecule has 1 atom stereocenters. The summed E-state index contributed by atoms with van der Waals surface area (Å²) in [5.74, 6) is -0.152. The first-order chi connectivity index (χ1) is 6.58. The Bertz CT molecular complexity index is 408. The monoisotopic (exact) mass is 274 g/mol. The molecule has 1 aliphatic rings. The number of amides is 1. The van der Waals surface area contributed by atoms with E-state index in [4.69, 9.17) is 17.3 Å². The highest BCUT2D eigenvalue weighted by Gasteiger charge is 2.24. The minimum absolute atomic E-state index is 0.152. The fraction of sp³-hybridized carbons (Fsp3) is 0.222. The van der Waals surface area contributed by atoms with Crippen LogP contribution in [0.25, 0.3) is 0 Å². The summed E-state index contributed by atoms with van der Waals surface area (Å²) in [5, 5.41) is 3.37. The quantitative estimate of drug-likeness (QED) is 0.760. The van der Waals surface area contributed by atoms with Crippen LogP contribution < -0.4 is 11.1 Å². The van der Waals surface area contributed by atoms with E-state index in [9.17, 15) is 4.79 Å². The number of hydrogen-bond donors (Lipinski definition) is 2. The highest BCUT2D eigenvalue weighted by atomic mass is 79.9. The van der Waals surface area contributed by atoms with Gasteiger partial charge < -0.3 is 11.1 Å². The van der Waals surface area contributed by atoms with Gasteiger partial charge in [0.15, 0.2) is 0 Å². The van der Waals surface area contributed by atoms with Gasteiger partial charge in [0.2, 0.25) is 5.91 Å². The summed E-state index contributed by atoms with van der Waals surface area (Å²) in [6.45, 7) is 0. The van der Waals surface area contributed by atoms with E-state index in [1.54, 1.807) is 6.07 Å². The number of nitrogens with two attached hydrogens (primary N) is 1. The molecule has 1 heterocycles. The topological polar surface area (TPSA) is 55.1 Å². The molecule has 0 saturated heterocycles. The second kappa shape index (κ2) is 3.53. The second-order valence-electron chi connectivity index (χ2n) is 3.22. The zero-order chi connectivity index (χ0) is 10.3. The average molecular weight is 276 g/mol. The SMILES string of the molecule is NC1Cc2cc(Cl)cc(Br)c2NC1=O. The van der Waals surface area contributed by atoms with E-state index in [0.29, 0.717) is 11.4 Å². The van der Waals surface area contributed by atoms with Gasteiger partial charge in [-0.2, -0.15) is 0 Å². The van der Waals surface area contributed by atoms with Crippen LogP contribution in [0.2, 0.25) is 5.02 Å². The van der Waals surface area contributed by atoms with Crippen molar-refractivity contribution in [2.75, 3.05) is 5.32 Å². The maximum absolute atomic E-state index is 11.3. The van der Waals surface area contributed by atoms with E-state index in [-0.39, 0.29) is 5.91 Å². The van der Waals surface area contributed by atoms with Crippen LogP contribution in [0, 0.1) is 0 Å². The predicted octanol–water partition coefficient (Wildman–Crippen LogP) is 1.92. The van der Waals surface area contributed by atoms with Crippen LogP contribution in [0.15, 0.2) is 16.6 Å². The molecule has 1 aromatic carbocycles. The molecular weight excluding hydrogens is 267 g/mol. The lowest BCUT2D eigenvalue weighted by atomic mass is 10.00. The number of halogens is 2. The van der Waals surface area contributed by atoms with Crippen LogP contribution >= 0.6 is 27.5 Å². The maximum Gasteiger partial charge on any atom is 0.241 e. The minimum Gasteiger partial charge on any atom is -0.323 e. The largest absolute Gasteiger partial charge is 0.323 e. The van der Waals surface area contributed by atoms with E-state index >= 15 is 0 Å². The summed E-state index contributed by atoms with van der Waals surface area (Å²) in [7, 11) is 0. The van der Waals surface area contributed by atoms with Crippen LogP contribution in [0.5, 0.6) is 0 Å². The van der Waals surface area contributed by atoms with Crippen molar-refractivity contribution in [2.24, 2.45) is 5.73 Å². The highest BCUT2D eigenvalue weighted by molar-refractivity contribution is 9.10. The number of hydrogen-bond acceptors (Lipinski definition) is 2. The number of carbonyl (C=O) groups excluding carboxylic acids is 1. The van der Waals surface area contributed by atoms with Crippen LogP contribution in [0.4, 0.5) is 5.69 Å². The van der Waals surface area contributed by atoms with Crippen molar-refractivity contribution >= 4 is 39.1 Å². The molecule has 2 rings (SSSR count). The summed E-state index contributed by atoms with van der Waals surface area (Å²) in [5.41, 5.74) is 7.37. The van der Waals surface area contributed by atoms with Gasteiger partial charge >= 0.3 is 0 Å². The van der Waals surface area contributed by atoms with Crippen molar-refractivity contribution < 1.29 is 4.79 Å². The molecule has 3 N–H and O–H groups in total. The molecule has 3 nitrogen and oxygen atoms in total. The van der Waals surface area contributed by atoms with E-state index in [2.05, 4.69) is 21.2 Å². The summed E-state index contributed by atoms with van der Waals surface area (Å²) >= 11 is 9.22. The number of benzene rings is 1. The van der Waals surface area contributed by atoms with Gasteiger partial charge in [-0.25, -0.2) is 0 Å². The van der Waals surface area contributed by atoms with Crippen molar-refractivity contribution in [3.05, 3.63) is 27.2 Å². The van der Waals surface area contributed by atoms with Crippen LogP contribution in [-0.4, -0.2) is 11.9 Å². The van der Waals surface area contributed by atoms with Crippen molar-refractivity contribution in [3.8, 4) is 0 Å². The zero-order valence-corrected chi connectivity index (χ0v) is 9.52. The number of nitrogens with one attached hydrogen (secondary N) is 1. The average Bonchev–Trinajstić information content (AvgIpc) is 2.08. The van der Waals surface area contributed by atoms with E-state index < -0.39 is 6.04 Å².